The SMILES string of the molecule is CC(C)(C)OC(=O)[C@@H]1CCC[C@H](N)C1. The van der Waals surface area contributed by atoms with Crippen molar-refractivity contribution in [2.45, 2.75) is 58.1 Å². The monoisotopic (exact) mass is 199 g/mol. The molecular weight excluding hydrogens is 178 g/mol. The zero-order valence-corrected chi connectivity index (χ0v) is 9.38. The van der Waals surface area contributed by atoms with Crippen LogP contribution in [-0.2, 0) is 9.53 Å². The standard InChI is InChI=1S/C11H21NO2/c1-11(2,3)14-10(13)8-5-4-6-9(12)7-8/h8-9H,4-7,12H2,1-3H3/t8-,9+/m1/s1. The second kappa shape index (κ2) is 4.30. The van der Waals surface area contributed by atoms with Gasteiger partial charge in [-0.2, -0.15) is 0 Å². The van der Waals surface area contributed by atoms with Gasteiger partial charge in [0, 0.05) is 6.04 Å². The van der Waals surface area contributed by atoms with E-state index in [-0.39, 0.29) is 23.5 Å². The number of ether oxygens (including phenoxy) is 1. The van der Waals surface area contributed by atoms with E-state index in [0.29, 0.717) is 0 Å². The topological polar surface area (TPSA) is 52.3 Å². The number of nitrogens with two attached hydrogens (primary N) is 1. The first-order valence-electron chi connectivity index (χ1n) is 5.37. The zero-order chi connectivity index (χ0) is 10.8. The molecule has 14 heavy (non-hydrogen) atoms. The van der Waals surface area contributed by atoms with Crippen molar-refractivity contribution in [3.8, 4) is 0 Å². The van der Waals surface area contributed by atoms with Crippen molar-refractivity contribution in [2.75, 3.05) is 0 Å². The third-order valence-corrected chi connectivity index (χ3v) is 2.45. The lowest BCUT2D eigenvalue weighted by Crippen LogP contribution is -2.35. The molecule has 1 saturated carbocycles. The Morgan fingerprint density at radius 3 is 2.50 bits per heavy atom. The lowest BCUT2D eigenvalue weighted by atomic mass is 9.86. The average molecular weight is 199 g/mol. The van der Waals surface area contributed by atoms with Gasteiger partial charge in [0.05, 0.1) is 5.92 Å². The molecule has 0 aliphatic heterocycles. The third kappa shape index (κ3) is 3.66. The Hall–Kier alpha value is -0.570. The Morgan fingerprint density at radius 2 is 2.00 bits per heavy atom. The molecule has 0 amide bonds. The fourth-order valence-electron chi connectivity index (χ4n) is 1.83. The van der Waals surface area contributed by atoms with Gasteiger partial charge in [-0.1, -0.05) is 6.42 Å². The molecule has 0 spiro atoms. The summed E-state index contributed by atoms with van der Waals surface area (Å²) in [6, 6.07) is 0.182. The second-order valence-electron chi connectivity index (χ2n) is 5.16. The van der Waals surface area contributed by atoms with Gasteiger partial charge >= 0.3 is 5.97 Å². The molecule has 1 fully saturated rings. The molecule has 0 radical (unpaired) electrons. The Labute approximate surface area is 86.0 Å². The second-order valence-corrected chi connectivity index (χ2v) is 5.16. The normalized spacial score (nSPS) is 28.6. The minimum absolute atomic E-state index is 0.0259. The van der Waals surface area contributed by atoms with Crippen molar-refractivity contribution in [1.82, 2.24) is 0 Å². The minimum Gasteiger partial charge on any atom is -0.460 e. The molecule has 3 heteroatoms. The highest BCUT2D eigenvalue weighted by Crippen LogP contribution is 2.25. The molecule has 2 atom stereocenters. The fraction of sp³-hybridized carbons (Fsp3) is 0.909. The van der Waals surface area contributed by atoms with E-state index < -0.39 is 0 Å². The predicted octanol–water partition coefficient (Wildman–Crippen LogP) is 1.85. The number of carbonyl (C=O) groups is 1. The molecule has 0 heterocycles. The maximum absolute atomic E-state index is 11.7. The van der Waals surface area contributed by atoms with Crippen LogP contribution >= 0.6 is 0 Å². The van der Waals surface area contributed by atoms with Crippen LogP contribution in [0.4, 0.5) is 0 Å². The molecule has 0 saturated heterocycles. The summed E-state index contributed by atoms with van der Waals surface area (Å²) in [5, 5.41) is 0. The van der Waals surface area contributed by atoms with Crippen molar-refractivity contribution in [3.05, 3.63) is 0 Å². The van der Waals surface area contributed by atoms with Gasteiger partial charge in [-0.25, -0.2) is 0 Å². The van der Waals surface area contributed by atoms with Gasteiger partial charge in [0.2, 0.25) is 0 Å². The molecule has 0 bridgehead atoms. The Balaban J connectivity index is 2.44. The zero-order valence-electron chi connectivity index (χ0n) is 9.38. The number of carbonyl (C=O) groups excluding carboxylic acids is 1. The van der Waals surface area contributed by atoms with Crippen LogP contribution < -0.4 is 5.73 Å². The molecule has 1 aliphatic carbocycles. The quantitative estimate of drug-likeness (QED) is 0.656. The van der Waals surface area contributed by atoms with Crippen molar-refractivity contribution in [3.63, 3.8) is 0 Å². The third-order valence-electron chi connectivity index (χ3n) is 2.45. The van der Waals surface area contributed by atoms with E-state index in [4.69, 9.17) is 10.5 Å². The summed E-state index contributed by atoms with van der Waals surface area (Å²) >= 11 is 0. The first-order chi connectivity index (χ1) is 6.38. The summed E-state index contributed by atoms with van der Waals surface area (Å²) < 4.78 is 5.33. The van der Waals surface area contributed by atoms with Crippen LogP contribution in [0.2, 0.25) is 0 Å². The molecule has 1 aliphatic rings. The molecular formula is C11H21NO2. The molecule has 0 aromatic heterocycles. The summed E-state index contributed by atoms with van der Waals surface area (Å²) in [6.07, 6.45) is 3.81. The van der Waals surface area contributed by atoms with Gasteiger partial charge in [0.15, 0.2) is 0 Å². The maximum atomic E-state index is 11.7. The predicted molar refractivity (Wildman–Crippen MR) is 55.8 cm³/mol. The average Bonchev–Trinajstić information content (AvgIpc) is 2.01. The van der Waals surface area contributed by atoms with Gasteiger partial charge in [-0.15, -0.1) is 0 Å². The summed E-state index contributed by atoms with van der Waals surface area (Å²) in [4.78, 5) is 11.7. The van der Waals surface area contributed by atoms with E-state index in [1.807, 2.05) is 20.8 Å². The van der Waals surface area contributed by atoms with Crippen LogP contribution in [0, 0.1) is 5.92 Å². The van der Waals surface area contributed by atoms with Crippen molar-refractivity contribution >= 4 is 5.97 Å². The molecule has 2 N–H and O–H groups in total. The Morgan fingerprint density at radius 1 is 1.36 bits per heavy atom. The van der Waals surface area contributed by atoms with Crippen LogP contribution in [0.5, 0.6) is 0 Å². The van der Waals surface area contributed by atoms with E-state index in [1.165, 1.54) is 0 Å². The molecule has 0 aromatic rings. The van der Waals surface area contributed by atoms with Crippen LogP contribution in [0.15, 0.2) is 0 Å². The van der Waals surface area contributed by atoms with Gasteiger partial charge in [0.1, 0.15) is 5.60 Å². The van der Waals surface area contributed by atoms with E-state index in [0.717, 1.165) is 25.7 Å². The molecule has 0 unspecified atom stereocenters. The number of rotatable bonds is 1. The molecule has 0 aromatic carbocycles. The van der Waals surface area contributed by atoms with Crippen molar-refractivity contribution in [2.24, 2.45) is 11.7 Å². The van der Waals surface area contributed by atoms with Crippen LogP contribution in [0.1, 0.15) is 46.5 Å². The lowest BCUT2D eigenvalue weighted by Gasteiger charge is -2.28. The maximum Gasteiger partial charge on any atom is 0.309 e. The largest absolute Gasteiger partial charge is 0.460 e. The Kier molecular flexibility index (Phi) is 3.53. The Bertz CT molecular complexity index is 208. The molecule has 82 valence electrons. The van der Waals surface area contributed by atoms with E-state index in [1.54, 1.807) is 0 Å². The number of hydrogen-bond acceptors (Lipinski definition) is 3. The highest BCUT2D eigenvalue weighted by Gasteiger charge is 2.29. The van der Waals surface area contributed by atoms with Crippen LogP contribution in [0.3, 0.4) is 0 Å². The smallest absolute Gasteiger partial charge is 0.309 e. The van der Waals surface area contributed by atoms with Crippen molar-refractivity contribution < 1.29 is 9.53 Å². The minimum atomic E-state index is -0.376. The van der Waals surface area contributed by atoms with Gasteiger partial charge < -0.3 is 10.5 Å². The molecule has 3 nitrogen and oxygen atoms in total. The van der Waals surface area contributed by atoms with E-state index in [2.05, 4.69) is 0 Å². The lowest BCUT2D eigenvalue weighted by molar-refractivity contribution is -0.161. The van der Waals surface area contributed by atoms with Crippen LogP contribution in [0.25, 0.3) is 0 Å². The van der Waals surface area contributed by atoms with Crippen LogP contribution in [-0.4, -0.2) is 17.6 Å². The van der Waals surface area contributed by atoms with Crippen molar-refractivity contribution in [1.29, 1.82) is 0 Å². The van der Waals surface area contributed by atoms with E-state index >= 15 is 0 Å². The first-order valence-corrected chi connectivity index (χ1v) is 5.37. The highest BCUT2D eigenvalue weighted by atomic mass is 16.6. The number of hydrogen-bond donors (Lipinski definition) is 1. The van der Waals surface area contributed by atoms with Gasteiger partial charge in [-0.3, -0.25) is 4.79 Å². The first kappa shape index (κ1) is 11.5. The summed E-state index contributed by atoms with van der Waals surface area (Å²) in [6.45, 7) is 5.69. The highest BCUT2D eigenvalue weighted by molar-refractivity contribution is 5.73. The summed E-state index contributed by atoms with van der Waals surface area (Å²) in [5.74, 6) is -0.0503. The van der Waals surface area contributed by atoms with E-state index in [9.17, 15) is 4.79 Å². The molecule has 1 rings (SSSR count). The van der Waals surface area contributed by atoms with Gasteiger partial charge in [-0.05, 0) is 40.0 Å². The number of esters is 1. The summed E-state index contributed by atoms with van der Waals surface area (Å²) in [7, 11) is 0. The van der Waals surface area contributed by atoms with Gasteiger partial charge in [0.25, 0.3) is 0 Å². The summed E-state index contributed by atoms with van der Waals surface area (Å²) in [5.41, 5.74) is 5.44. The fourth-order valence-corrected chi connectivity index (χ4v) is 1.83.